The van der Waals surface area contributed by atoms with E-state index in [0.717, 1.165) is 18.5 Å². The zero-order valence-corrected chi connectivity index (χ0v) is 16.6. The summed E-state index contributed by atoms with van der Waals surface area (Å²) in [7, 11) is 0. The number of fused-ring (bicyclic) bond motifs is 3. The number of amides is 1. The van der Waals surface area contributed by atoms with Crippen LogP contribution in [0.25, 0.3) is 11.3 Å². The molecule has 0 radical (unpaired) electrons. The normalized spacial score (nSPS) is 27.4. The molecule has 3 heterocycles. The Morgan fingerprint density at radius 3 is 2.79 bits per heavy atom. The van der Waals surface area contributed by atoms with Gasteiger partial charge in [0.05, 0.1) is 30.4 Å². The first-order chi connectivity index (χ1) is 13.3. The number of ether oxygens (including phenoxy) is 1. The van der Waals surface area contributed by atoms with Crippen LogP contribution in [0.4, 0.5) is 4.79 Å². The summed E-state index contributed by atoms with van der Waals surface area (Å²) in [5.41, 5.74) is 2.89. The molecule has 1 N–H and O–H groups in total. The van der Waals surface area contributed by atoms with Gasteiger partial charge < -0.3 is 19.3 Å². The molecule has 1 aliphatic carbocycles. The predicted octanol–water partition coefficient (Wildman–Crippen LogP) is 3.46. The third-order valence-electron chi connectivity index (χ3n) is 6.60. The molecule has 28 heavy (non-hydrogen) atoms. The van der Waals surface area contributed by atoms with E-state index in [0.29, 0.717) is 13.1 Å². The molecule has 0 unspecified atom stereocenters. The molecule has 2 fully saturated rings. The van der Waals surface area contributed by atoms with Gasteiger partial charge in [0.1, 0.15) is 5.60 Å². The zero-order valence-electron chi connectivity index (χ0n) is 16.6. The van der Waals surface area contributed by atoms with E-state index in [2.05, 4.69) is 33.8 Å². The number of hydrogen-bond donors (Lipinski definition) is 1. The van der Waals surface area contributed by atoms with Gasteiger partial charge in [-0.1, -0.05) is 24.3 Å². The fourth-order valence-corrected chi connectivity index (χ4v) is 5.37. The summed E-state index contributed by atoms with van der Waals surface area (Å²) in [5, 5.41) is 11.3. The van der Waals surface area contributed by atoms with Crippen molar-refractivity contribution in [2.24, 2.45) is 11.3 Å². The number of hydrogen-bond acceptors (Lipinski definition) is 4. The molecule has 1 saturated heterocycles. The topological polar surface area (TPSA) is 67.6 Å². The largest absolute Gasteiger partial charge is 0.444 e. The molecule has 1 saturated carbocycles. The van der Waals surface area contributed by atoms with Crippen LogP contribution in [0, 0.1) is 11.3 Å². The summed E-state index contributed by atoms with van der Waals surface area (Å²) in [6.07, 6.45) is 4.94. The second-order valence-corrected chi connectivity index (χ2v) is 9.56. The highest BCUT2D eigenvalue weighted by Gasteiger charge is 2.59. The van der Waals surface area contributed by atoms with Crippen LogP contribution in [-0.2, 0) is 4.74 Å². The molecule has 2 aromatic rings. The van der Waals surface area contributed by atoms with Gasteiger partial charge in [-0.2, -0.15) is 0 Å². The van der Waals surface area contributed by atoms with Crippen molar-refractivity contribution in [1.29, 1.82) is 0 Å². The highest BCUT2D eigenvalue weighted by atomic mass is 16.6. The van der Waals surface area contributed by atoms with Crippen LogP contribution in [-0.4, -0.2) is 50.4 Å². The maximum Gasteiger partial charge on any atom is 0.410 e. The highest BCUT2D eigenvalue weighted by molar-refractivity contribution is 5.70. The van der Waals surface area contributed by atoms with Gasteiger partial charge in [0.2, 0.25) is 0 Å². The Balaban J connectivity index is 1.36. The Hall–Kier alpha value is -2.34. The lowest BCUT2D eigenvalue weighted by molar-refractivity contribution is -0.0900. The van der Waals surface area contributed by atoms with E-state index >= 15 is 0 Å². The fraction of sp³-hybridized carbons (Fsp3) is 0.545. The summed E-state index contributed by atoms with van der Waals surface area (Å²) in [6, 6.07) is 8.52. The molecule has 1 aromatic carbocycles. The van der Waals surface area contributed by atoms with Crippen LogP contribution in [0.15, 0.2) is 36.8 Å². The van der Waals surface area contributed by atoms with Gasteiger partial charge in [-0.25, -0.2) is 9.78 Å². The van der Waals surface area contributed by atoms with Crippen molar-refractivity contribution in [2.75, 3.05) is 13.1 Å². The number of benzene rings is 1. The van der Waals surface area contributed by atoms with Crippen molar-refractivity contribution in [2.45, 2.75) is 51.4 Å². The Bertz CT molecular complexity index is 923. The van der Waals surface area contributed by atoms with Crippen molar-refractivity contribution in [3.63, 3.8) is 0 Å². The molecule has 6 nitrogen and oxygen atoms in total. The molecule has 3 atom stereocenters. The van der Waals surface area contributed by atoms with Crippen LogP contribution in [0.3, 0.4) is 0 Å². The Morgan fingerprint density at radius 1 is 1.29 bits per heavy atom. The van der Waals surface area contributed by atoms with Crippen LogP contribution in [0.5, 0.6) is 0 Å². The fourth-order valence-electron chi connectivity index (χ4n) is 5.37. The number of imidazole rings is 1. The second kappa shape index (κ2) is 5.83. The molecule has 3 aliphatic rings. The first-order valence-corrected chi connectivity index (χ1v) is 10.1. The van der Waals surface area contributed by atoms with Crippen molar-refractivity contribution in [3.8, 4) is 11.3 Å². The molecular formula is C22H27N3O3. The lowest BCUT2D eigenvalue weighted by Gasteiger charge is -2.50. The molecule has 1 spiro atoms. The lowest BCUT2D eigenvalue weighted by Crippen LogP contribution is -2.63. The monoisotopic (exact) mass is 381 g/mol. The molecule has 1 amide bonds. The average molecular weight is 381 g/mol. The van der Waals surface area contributed by atoms with E-state index in [1.54, 1.807) is 4.90 Å². The smallest absolute Gasteiger partial charge is 0.410 e. The average Bonchev–Trinajstić information content (AvgIpc) is 3.25. The second-order valence-electron chi connectivity index (χ2n) is 9.56. The first-order valence-electron chi connectivity index (χ1n) is 10.1. The van der Waals surface area contributed by atoms with Crippen LogP contribution in [0.2, 0.25) is 0 Å². The van der Waals surface area contributed by atoms with E-state index in [9.17, 15) is 9.90 Å². The molecule has 5 rings (SSSR count). The quantitative estimate of drug-likeness (QED) is 0.821. The standard InChI is InChI=1S/C22H27N3O3/c1-21(2,3)28-20(27)24-11-22(12-24)9-8-16(19(22)26)18-15-7-5-4-6-14(15)17-10-23-13-25(17)18/h4-7,10,13,16,18-19,26H,8-9,11-12H2,1-3H3/t16-,18+,19-/m0/s1. The van der Waals surface area contributed by atoms with Gasteiger partial charge in [-0.15, -0.1) is 0 Å². The minimum atomic E-state index is -0.498. The van der Waals surface area contributed by atoms with Gasteiger partial charge in [0, 0.05) is 30.0 Å². The Kier molecular flexibility index (Phi) is 3.69. The zero-order chi connectivity index (χ0) is 19.7. The maximum atomic E-state index is 12.3. The Labute approximate surface area is 165 Å². The van der Waals surface area contributed by atoms with Gasteiger partial charge >= 0.3 is 6.09 Å². The molecular weight excluding hydrogens is 354 g/mol. The van der Waals surface area contributed by atoms with Crippen molar-refractivity contribution in [1.82, 2.24) is 14.5 Å². The van der Waals surface area contributed by atoms with Gasteiger partial charge in [-0.05, 0) is 39.2 Å². The van der Waals surface area contributed by atoms with E-state index in [-0.39, 0.29) is 23.5 Å². The van der Waals surface area contributed by atoms with Gasteiger partial charge in [0.15, 0.2) is 0 Å². The summed E-state index contributed by atoms with van der Waals surface area (Å²) in [5.74, 6) is 0.123. The molecule has 6 heteroatoms. The number of rotatable bonds is 1. The van der Waals surface area contributed by atoms with Crippen LogP contribution < -0.4 is 0 Å². The summed E-state index contributed by atoms with van der Waals surface area (Å²) < 4.78 is 7.69. The number of likely N-dealkylation sites (tertiary alicyclic amines) is 1. The van der Waals surface area contributed by atoms with Crippen LogP contribution >= 0.6 is 0 Å². The maximum absolute atomic E-state index is 12.3. The van der Waals surface area contributed by atoms with Crippen molar-refractivity contribution < 1.29 is 14.6 Å². The highest BCUT2D eigenvalue weighted by Crippen LogP contribution is 2.55. The molecule has 148 valence electrons. The van der Waals surface area contributed by atoms with E-state index < -0.39 is 11.7 Å². The minimum absolute atomic E-state index is 0.110. The van der Waals surface area contributed by atoms with E-state index in [1.165, 1.54) is 11.1 Å². The molecule has 2 aliphatic heterocycles. The third-order valence-corrected chi connectivity index (χ3v) is 6.60. The van der Waals surface area contributed by atoms with Crippen molar-refractivity contribution >= 4 is 6.09 Å². The first kappa shape index (κ1) is 17.7. The number of carbonyl (C=O) groups excluding carboxylic acids is 1. The number of aliphatic hydroxyl groups is 1. The van der Waals surface area contributed by atoms with Gasteiger partial charge in [0.25, 0.3) is 0 Å². The lowest BCUT2D eigenvalue weighted by atomic mass is 9.74. The number of nitrogens with zero attached hydrogens (tertiary/aromatic N) is 3. The molecule has 0 bridgehead atoms. The SMILES string of the molecule is CC(C)(C)OC(=O)N1CC2(CC[C@@H]([C@H]3c4ccccc4-c4cncn43)[C@@H]2O)C1. The molecule has 1 aromatic heterocycles. The Morgan fingerprint density at radius 2 is 2.04 bits per heavy atom. The van der Waals surface area contributed by atoms with Crippen LogP contribution in [0.1, 0.15) is 45.2 Å². The predicted molar refractivity (Wildman–Crippen MR) is 105 cm³/mol. The number of carbonyl (C=O) groups is 1. The summed E-state index contributed by atoms with van der Waals surface area (Å²) in [4.78, 5) is 18.4. The van der Waals surface area contributed by atoms with Crippen molar-refractivity contribution in [3.05, 3.63) is 42.4 Å². The third kappa shape index (κ3) is 2.50. The minimum Gasteiger partial charge on any atom is -0.444 e. The summed E-state index contributed by atoms with van der Waals surface area (Å²) >= 11 is 0. The number of aliphatic hydroxyl groups excluding tert-OH is 1. The number of aromatic nitrogens is 2. The van der Waals surface area contributed by atoms with E-state index in [4.69, 9.17) is 4.74 Å². The van der Waals surface area contributed by atoms with E-state index in [1.807, 2.05) is 33.3 Å². The van der Waals surface area contributed by atoms with Gasteiger partial charge in [-0.3, -0.25) is 0 Å². The summed E-state index contributed by atoms with van der Waals surface area (Å²) in [6.45, 7) is 6.78.